The maximum Gasteiger partial charge on any atom is 0.231 e. The third-order valence-electron chi connectivity index (χ3n) is 4.26. The van der Waals surface area contributed by atoms with E-state index in [4.69, 9.17) is 4.74 Å². The summed E-state index contributed by atoms with van der Waals surface area (Å²) in [7, 11) is 1.71. The zero-order valence-electron chi connectivity index (χ0n) is 16.3. The van der Waals surface area contributed by atoms with Gasteiger partial charge in [-0.3, -0.25) is 4.79 Å². The Kier molecular flexibility index (Phi) is 7.24. The number of benzene rings is 1. The fourth-order valence-electron chi connectivity index (χ4n) is 2.68. The summed E-state index contributed by atoms with van der Waals surface area (Å²) >= 11 is 3.18. The summed E-state index contributed by atoms with van der Waals surface area (Å²) < 4.78 is 7.39. The lowest BCUT2D eigenvalue weighted by atomic mass is 10.3. The normalized spacial score (nSPS) is 11.0. The molecule has 0 atom stereocenters. The lowest BCUT2D eigenvalue weighted by Gasteiger charge is -2.08. The number of nitrogens with zero attached hydrogens (tertiary/aromatic N) is 3. The molecule has 0 fully saturated rings. The topological polar surface area (TPSA) is 69.0 Å². The lowest BCUT2D eigenvalue weighted by Crippen LogP contribution is -2.14. The van der Waals surface area contributed by atoms with E-state index in [0.717, 1.165) is 45.2 Å². The molecular weight excluding hydrogens is 392 g/mol. The van der Waals surface area contributed by atoms with Crippen LogP contribution in [0.3, 0.4) is 0 Å². The molecule has 3 aromatic rings. The zero-order valence-corrected chi connectivity index (χ0v) is 17.9. The van der Waals surface area contributed by atoms with Crippen molar-refractivity contribution in [3.8, 4) is 0 Å². The number of para-hydroxylation sites is 1. The molecule has 2 aromatic heterocycles. The highest BCUT2D eigenvalue weighted by atomic mass is 32.2. The number of aromatic nitrogens is 3. The molecular formula is C20H24N4O2S2. The molecule has 2 heterocycles. The second-order valence-corrected chi connectivity index (χ2v) is 8.21. The van der Waals surface area contributed by atoms with Crippen molar-refractivity contribution in [2.45, 2.75) is 37.7 Å². The number of hydrogen-bond acceptors (Lipinski definition) is 6. The highest BCUT2D eigenvalue weighted by Crippen LogP contribution is 2.25. The molecule has 0 saturated heterocycles. The van der Waals surface area contributed by atoms with Gasteiger partial charge in [0.25, 0.3) is 0 Å². The van der Waals surface area contributed by atoms with Crippen molar-refractivity contribution in [1.29, 1.82) is 0 Å². The maximum absolute atomic E-state index is 12.2. The zero-order chi connectivity index (χ0) is 19.9. The number of ether oxygens (including phenoxy) is 1. The van der Waals surface area contributed by atoms with Gasteiger partial charge < -0.3 is 14.6 Å². The Morgan fingerprint density at radius 3 is 2.79 bits per heavy atom. The molecule has 1 amide bonds. The van der Waals surface area contributed by atoms with Crippen LogP contribution in [0.5, 0.6) is 0 Å². The number of aryl methyl sites for hydroxylation is 1. The van der Waals surface area contributed by atoms with Gasteiger partial charge in [0.15, 0.2) is 5.16 Å². The quantitative estimate of drug-likeness (QED) is 0.533. The summed E-state index contributed by atoms with van der Waals surface area (Å²) in [6.45, 7) is 5.54. The van der Waals surface area contributed by atoms with Gasteiger partial charge in [-0.15, -0.1) is 11.3 Å². The average molecular weight is 417 g/mol. The van der Waals surface area contributed by atoms with Crippen molar-refractivity contribution in [3.63, 3.8) is 0 Å². The fraction of sp³-hybridized carbons (Fsp3) is 0.350. The van der Waals surface area contributed by atoms with Gasteiger partial charge in [0.05, 0.1) is 24.4 Å². The third kappa shape index (κ3) is 5.43. The number of hydrogen-bond donors (Lipinski definition) is 1. The maximum atomic E-state index is 12.2. The lowest BCUT2D eigenvalue weighted by molar-refractivity contribution is -0.115. The predicted octanol–water partition coefficient (Wildman–Crippen LogP) is 4.08. The summed E-state index contributed by atoms with van der Waals surface area (Å²) in [4.78, 5) is 21.4. The Morgan fingerprint density at radius 1 is 1.25 bits per heavy atom. The van der Waals surface area contributed by atoms with E-state index in [9.17, 15) is 4.79 Å². The van der Waals surface area contributed by atoms with E-state index in [0.29, 0.717) is 6.61 Å². The number of thiazole rings is 1. The molecule has 0 aliphatic rings. The molecule has 8 heteroatoms. The minimum atomic E-state index is -0.0545. The molecule has 0 radical (unpaired) electrons. The molecule has 1 aromatic carbocycles. The number of methoxy groups -OCH3 is 1. The molecule has 0 spiro atoms. The largest absolute Gasteiger partial charge is 0.383 e. The smallest absolute Gasteiger partial charge is 0.231 e. The molecule has 1 N–H and O–H groups in total. The van der Waals surface area contributed by atoms with Gasteiger partial charge in [-0.2, -0.15) is 0 Å². The molecule has 0 bridgehead atoms. The molecule has 0 aliphatic heterocycles. The van der Waals surface area contributed by atoms with Crippen molar-refractivity contribution in [1.82, 2.24) is 14.5 Å². The van der Waals surface area contributed by atoms with E-state index in [-0.39, 0.29) is 12.3 Å². The second-order valence-electron chi connectivity index (χ2n) is 6.32. The van der Waals surface area contributed by atoms with E-state index < -0.39 is 0 Å². The van der Waals surface area contributed by atoms with Crippen LogP contribution in [0.4, 0.5) is 5.69 Å². The second kappa shape index (κ2) is 9.86. The van der Waals surface area contributed by atoms with Gasteiger partial charge in [0.2, 0.25) is 5.91 Å². The minimum absolute atomic E-state index is 0.0545. The first kappa shape index (κ1) is 20.6. The molecule has 148 valence electrons. The number of rotatable bonds is 9. The molecule has 3 rings (SSSR count). The monoisotopic (exact) mass is 416 g/mol. The SMILES string of the molecule is COCCn1c(SCc2csc(CC(=O)Nc3ccccc3)n2)nc(C)c1C. The Balaban J connectivity index is 1.56. The third-order valence-corrected chi connectivity index (χ3v) is 6.17. The Labute approximate surface area is 173 Å². The summed E-state index contributed by atoms with van der Waals surface area (Å²) in [5, 5.41) is 6.70. The van der Waals surface area contributed by atoms with Gasteiger partial charge in [0, 0.05) is 36.2 Å². The summed E-state index contributed by atoms with van der Waals surface area (Å²) in [6, 6.07) is 9.46. The fourth-order valence-corrected chi connectivity index (χ4v) is 4.59. The van der Waals surface area contributed by atoms with Crippen LogP contribution in [0.25, 0.3) is 0 Å². The van der Waals surface area contributed by atoms with E-state index in [1.54, 1.807) is 18.9 Å². The summed E-state index contributed by atoms with van der Waals surface area (Å²) in [5.41, 5.74) is 3.97. The number of nitrogens with one attached hydrogen (secondary N) is 1. The number of anilines is 1. The van der Waals surface area contributed by atoms with Crippen LogP contribution in [0, 0.1) is 13.8 Å². The number of imidazole rings is 1. The standard InChI is InChI=1S/C20H24N4O2S2/c1-14-15(2)24(9-10-26-3)20(21-14)28-13-17-12-27-19(23-17)11-18(25)22-16-7-5-4-6-8-16/h4-8,12H,9-11,13H2,1-3H3,(H,22,25). The van der Waals surface area contributed by atoms with Crippen molar-refractivity contribution in [2.24, 2.45) is 0 Å². The first-order valence-electron chi connectivity index (χ1n) is 9.00. The first-order valence-corrected chi connectivity index (χ1v) is 10.9. The van der Waals surface area contributed by atoms with Crippen LogP contribution in [0.15, 0.2) is 40.9 Å². The molecule has 6 nitrogen and oxygen atoms in total. The van der Waals surface area contributed by atoms with Crippen LogP contribution in [0.1, 0.15) is 22.1 Å². The Bertz CT molecular complexity index is 922. The number of amides is 1. The van der Waals surface area contributed by atoms with Crippen LogP contribution in [-0.4, -0.2) is 34.2 Å². The number of carbonyl (C=O) groups is 1. The summed E-state index contributed by atoms with van der Waals surface area (Å²) in [6.07, 6.45) is 0.283. The number of carbonyl (C=O) groups excluding carboxylic acids is 1. The van der Waals surface area contributed by atoms with E-state index in [1.165, 1.54) is 11.3 Å². The number of thioether (sulfide) groups is 1. The summed E-state index contributed by atoms with van der Waals surface area (Å²) in [5.74, 6) is 0.667. The van der Waals surface area contributed by atoms with E-state index in [2.05, 4.69) is 26.8 Å². The van der Waals surface area contributed by atoms with Gasteiger partial charge in [0.1, 0.15) is 5.01 Å². The van der Waals surface area contributed by atoms with Crippen LogP contribution in [0.2, 0.25) is 0 Å². The molecule has 28 heavy (non-hydrogen) atoms. The predicted molar refractivity (Wildman–Crippen MR) is 114 cm³/mol. The van der Waals surface area contributed by atoms with Crippen molar-refractivity contribution >= 4 is 34.7 Å². The highest BCUT2D eigenvalue weighted by molar-refractivity contribution is 7.98. The first-order chi connectivity index (χ1) is 13.6. The van der Waals surface area contributed by atoms with Crippen molar-refractivity contribution in [3.05, 3.63) is 57.8 Å². The van der Waals surface area contributed by atoms with E-state index in [1.807, 2.05) is 42.6 Å². The van der Waals surface area contributed by atoms with E-state index >= 15 is 0 Å². The van der Waals surface area contributed by atoms with Gasteiger partial charge >= 0.3 is 0 Å². The Hall–Kier alpha value is -2.16. The van der Waals surface area contributed by atoms with Crippen LogP contribution in [-0.2, 0) is 28.2 Å². The van der Waals surface area contributed by atoms with Crippen molar-refractivity contribution in [2.75, 3.05) is 19.0 Å². The Morgan fingerprint density at radius 2 is 2.04 bits per heavy atom. The van der Waals surface area contributed by atoms with Gasteiger partial charge in [-0.05, 0) is 26.0 Å². The van der Waals surface area contributed by atoms with Crippen molar-refractivity contribution < 1.29 is 9.53 Å². The molecule has 0 unspecified atom stereocenters. The van der Waals surface area contributed by atoms with Crippen LogP contribution < -0.4 is 5.32 Å². The molecule has 0 aliphatic carbocycles. The average Bonchev–Trinajstić information content (AvgIpc) is 3.23. The van der Waals surface area contributed by atoms with Gasteiger partial charge in [-0.1, -0.05) is 30.0 Å². The van der Waals surface area contributed by atoms with Crippen LogP contribution >= 0.6 is 23.1 Å². The van der Waals surface area contributed by atoms with Gasteiger partial charge in [-0.25, -0.2) is 9.97 Å². The minimum Gasteiger partial charge on any atom is -0.383 e. The molecule has 0 saturated carbocycles. The highest BCUT2D eigenvalue weighted by Gasteiger charge is 2.13.